The summed E-state index contributed by atoms with van der Waals surface area (Å²) in [6.45, 7) is 6.80. The van der Waals surface area contributed by atoms with E-state index in [1.165, 1.54) is 0 Å². The van der Waals surface area contributed by atoms with Gasteiger partial charge >= 0.3 is 0 Å². The summed E-state index contributed by atoms with van der Waals surface area (Å²) in [6.07, 6.45) is 6.40. The molecule has 0 amide bonds. The van der Waals surface area contributed by atoms with Crippen LogP contribution >= 0.6 is 0 Å². The van der Waals surface area contributed by atoms with Gasteiger partial charge in [0, 0.05) is 18.8 Å². The Bertz CT molecular complexity index is 679. The lowest BCUT2D eigenvalue weighted by Crippen LogP contribution is -2.22. The molecule has 3 heterocycles. The van der Waals surface area contributed by atoms with E-state index in [-0.39, 0.29) is 0 Å². The molecule has 6 nitrogen and oxygen atoms in total. The average molecular weight is 301 g/mol. The van der Waals surface area contributed by atoms with Crippen molar-refractivity contribution in [2.24, 2.45) is 0 Å². The number of pyridine rings is 1. The Kier molecular flexibility index (Phi) is 5.14. The van der Waals surface area contributed by atoms with Crippen molar-refractivity contribution in [3.05, 3.63) is 24.2 Å². The van der Waals surface area contributed by atoms with Gasteiger partial charge in [-0.2, -0.15) is 4.98 Å². The minimum atomic E-state index is 0.396. The molecule has 2 aromatic rings. The topological polar surface area (TPSA) is 77.2 Å². The Morgan fingerprint density at radius 2 is 2.00 bits per heavy atom. The van der Waals surface area contributed by atoms with E-state index in [0.29, 0.717) is 17.5 Å². The van der Waals surface area contributed by atoms with E-state index >= 15 is 0 Å². The molecule has 3 rings (SSSR count). The van der Waals surface area contributed by atoms with Gasteiger partial charge in [-0.3, -0.25) is 0 Å². The molecule has 2 aromatic heterocycles. The Morgan fingerprint density at radius 3 is 2.64 bits per heavy atom. The van der Waals surface area contributed by atoms with Crippen LogP contribution in [0.4, 0.5) is 11.6 Å². The fourth-order valence-electron chi connectivity index (χ4n) is 2.42. The molecule has 0 saturated carbocycles. The molecule has 1 aliphatic heterocycles. The summed E-state index contributed by atoms with van der Waals surface area (Å²) < 4.78 is 5.36. The fourth-order valence-corrected chi connectivity index (χ4v) is 2.42. The summed E-state index contributed by atoms with van der Waals surface area (Å²) in [5.74, 6) is 2.40. The zero-order chi connectivity index (χ0) is 16.1. The van der Waals surface area contributed by atoms with Gasteiger partial charge in [0.1, 0.15) is 22.8 Å². The summed E-state index contributed by atoms with van der Waals surface area (Å²) in [6, 6.07) is 1.75. The number of aromatic nitrogens is 3. The molecule has 0 spiro atoms. The molecule has 0 saturated heterocycles. The number of hydrogen-bond acceptors (Lipinski definition) is 6. The molecule has 0 fully saturated rings. The Morgan fingerprint density at radius 1 is 1.23 bits per heavy atom. The van der Waals surface area contributed by atoms with E-state index in [2.05, 4.69) is 32.1 Å². The van der Waals surface area contributed by atoms with Gasteiger partial charge in [-0.25, -0.2) is 9.97 Å². The summed E-state index contributed by atoms with van der Waals surface area (Å²) in [5, 5.41) is 0.804. The predicted octanol–water partition coefficient (Wildman–Crippen LogP) is 3.06. The zero-order valence-electron chi connectivity index (χ0n) is 13.6. The van der Waals surface area contributed by atoms with Crippen LogP contribution in [0.15, 0.2) is 18.3 Å². The molecule has 2 N–H and O–H groups in total. The van der Waals surface area contributed by atoms with Crippen molar-refractivity contribution in [1.29, 1.82) is 0 Å². The van der Waals surface area contributed by atoms with Gasteiger partial charge in [0.15, 0.2) is 0 Å². The van der Waals surface area contributed by atoms with Crippen molar-refractivity contribution < 1.29 is 4.74 Å². The highest BCUT2D eigenvalue weighted by Crippen LogP contribution is 2.33. The van der Waals surface area contributed by atoms with Gasteiger partial charge < -0.3 is 15.4 Å². The first kappa shape index (κ1) is 16.0. The third-order valence-corrected chi connectivity index (χ3v) is 3.28. The molecule has 118 valence electrons. The lowest BCUT2D eigenvalue weighted by atomic mass is 10.2. The summed E-state index contributed by atoms with van der Waals surface area (Å²) in [5.41, 5.74) is 6.56. The molecule has 0 bridgehead atoms. The van der Waals surface area contributed by atoms with E-state index in [9.17, 15) is 0 Å². The fraction of sp³-hybridized carbons (Fsp3) is 0.438. The number of anilines is 2. The largest absolute Gasteiger partial charge is 0.480 e. The number of aryl methyl sites for hydroxylation is 1. The van der Waals surface area contributed by atoms with Crippen molar-refractivity contribution in [1.82, 2.24) is 15.0 Å². The predicted molar refractivity (Wildman–Crippen MR) is 90.1 cm³/mol. The highest BCUT2D eigenvalue weighted by atomic mass is 16.5. The van der Waals surface area contributed by atoms with E-state index in [1.807, 2.05) is 20.8 Å². The van der Waals surface area contributed by atoms with Crippen LogP contribution in [-0.4, -0.2) is 28.6 Å². The van der Waals surface area contributed by atoms with E-state index in [1.54, 1.807) is 13.2 Å². The first-order valence-electron chi connectivity index (χ1n) is 7.61. The number of fused-ring (bicyclic) bond motifs is 1. The van der Waals surface area contributed by atoms with Gasteiger partial charge in [0.05, 0.1) is 12.6 Å². The van der Waals surface area contributed by atoms with Crippen LogP contribution in [-0.2, 0) is 0 Å². The number of nitrogens with zero attached hydrogens (tertiary/aromatic N) is 4. The number of ether oxygens (including phenoxy) is 1. The van der Waals surface area contributed by atoms with Crippen molar-refractivity contribution in [3.8, 4) is 5.88 Å². The SMILES string of the molecule is CC.COc1nc(N)cc2nc(C)nc(N3C=CCCC3)c12. The second-order valence-electron chi connectivity index (χ2n) is 4.77. The molecule has 0 atom stereocenters. The number of methoxy groups -OCH3 is 1. The molecule has 0 aliphatic carbocycles. The highest BCUT2D eigenvalue weighted by molar-refractivity contribution is 5.95. The zero-order valence-corrected chi connectivity index (χ0v) is 13.6. The highest BCUT2D eigenvalue weighted by Gasteiger charge is 2.18. The molecular weight excluding hydrogens is 278 g/mol. The molecular formula is C16H23N5O. The maximum atomic E-state index is 5.80. The minimum absolute atomic E-state index is 0.396. The quantitative estimate of drug-likeness (QED) is 0.918. The van der Waals surface area contributed by atoms with Crippen LogP contribution in [0.3, 0.4) is 0 Å². The van der Waals surface area contributed by atoms with Gasteiger partial charge in [-0.05, 0) is 19.8 Å². The number of nitrogen functional groups attached to an aromatic ring is 1. The number of rotatable bonds is 2. The Hall–Kier alpha value is -2.37. The lowest BCUT2D eigenvalue weighted by Gasteiger charge is -2.24. The summed E-state index contributed by atoms with van der Waals surface area (Å²) in [4.78, 5) is 15.3. The van der Waals surface area contributed by atoms with Crippen molar-refractivity contribution in [2.45, 2.75) is 33.6 Å². The van der Waals surface area contributed by atoms with Crippen LogP contribution in [0.2, 0.25) is 0 Å². The standard InChI is InChI=1S/C14H17N5O.C2H6/c1-9-16-10-8-11(15)18-14(20-2)12(10)13(17-9)19-6-4-3-5-7-19;1-2/h4,6,8H,3,5,7H2,1-2H3,(H2,15,18);1-2H3. The lowest BCUT2D eigenvalue weighted by molar-refractivity contribution is 0.404. The number of hydrogen-bond donors (Lipinski definition) is 1. The van der Waals surface area contributed by atoms with Crippen molar-refractivity contribution in [3.63, 3.8) is 0 Å². The van der Waals surface area contributed by atoms with Gasteiger partial charge in [0.2, 0.25) is 5.88 Å². The molecule has 0 aromatic carbocycles. The third kappa shape index (κ3) is 3.10. The minimum Gasteiger partial charge on any atom is -0.480 e. The molecule has 0 radical (unpaired) electrons. The first-order valence-corrected chi connectivity index (χ1v) is 7.61. The Labute approximate surface area is 131 Å². The smallest absolute Gasteiger partial charge is 0.228 e. The molecule has 0 unspecified atom stereocenters. The normalized spacial score (nSPS) is 13.7. The maximum Gasteiger partial charge on any atom is 0.228 e. The van der Waals surface area contributed by atoms with Gasteiger partial charge in [0.25, 0.3) is 0 Å². The van der Waals surface area contributed by atoms with Crippen LogP contribution in [0, 0.1) is 6.92 Å². The second-order valence-corrected chi connectivity index (χ2v) is 4.77. The van der Waals surface area contributed by atoms with E-state index in [4.69, 9.17) is 10.5 Å². The van der Waals surface area contributed by atoms with Crippen LogP contribution in [0.5, 0.6) is 5.88 Å². The molecule has 6 heteroatoms. The van der Waals surface area contributed by atoms with Gasteiger partial charge in [-0.15, -0.1) is 0 Å². The Balaban J connectivity index is 0.000000847. The first-order chi connectivity index (χ1) is 10.7. The summed E-state index contributed by atoms with van der Waals surface area (Å²) >= 11 is 0. The second kappa shape index (κ2) is 7.06. The number of nitrogens with two attached hydrogens (primary N) is 1. The van der Waals surface area contributed by atoms with E-state index in [0.717, 1.165) is 36.1 Å². The van der Waals surface area contributed by atoms with Crippen LogP contribution < -0.4 is 15.4 Å². The van der Waals surface area contributed by atoms with E-state index < -0.39 is 0 Å². The monoisotopic (exact) mass is 301 g/mol. The van der Waals surface area contributed by atoms with Crippen molar-refractivity contribution in [2.75, 3.05) is 24.3 Å². The van der Waals surface area contributed by atoms with Crippen LogP contribution in [0.25, 0.3) is 10.9 Å². The van der Waals surface area contributed by atoms with Crippen LogP contribution in [0.1, 0.15) is 32.5 Å². The molecule has 1 aliphatic rings. The maximum absolute atomic E-state index is 5.80. The average Bonchev–Trinajstić information content (AvgIpc) is 2.55. The summed E-state index contributed by atoms with van der Waals surface area (Å²) in [7, 11) is 1.58. The number of allylic oxidation sites excluding steroid dienone is 1. The molecule has 22 heavy (non-hydrogen) atoms. The van der Waals surface area contributed by atoms with Gasteiger partial charge in [-0.1, -0.05) is 19.9 Å². The van der Waals surface area contributed by atoms with Crippen molar-refractivity contribution >= 4 is 22.5 Å². The third-order valence-electron chi connectivity index (χ3n) is 3.28.